The minimum atomic E-state index is -3.41. The molecule has 168 valence electrons. The predicted octanol–water partition coefficient (Wildman–Crippen LogP) is 4.37. The van der Waals surface area contributed by atoms with Gasteiger partial charge in [0.25, 0.3) is 17.9 Å². The molecule has 1 N–H and O–H groups in total. The number of nitrogens with zero attached hydrogens (tertiary/aromatic N) is 1. The van der Waals surface area contributed by atoms with Crippen molar-refractivity contribution < 1.29 is 35.9 Å². The molecule has 1 aromatic heterocycles. The lowest BCUT2D eigenvalue weighted by Gasteiger charge is -2.34. The molecule has 0 unspecified atom stereocenters. The number of alkyl halides is 2. The summed E-state index contributed by atoms with van der Waals surface area (Å²) in [5, 5.41) is -0.116. The van der Waals surface area contributed by atoms with E-state index < -0.39 is 58.3 Å². The van der Waals surface area contributed by atoms with E-state index in [0.29, 0.717) is 12.1 Å². The average molecular weight is 456 g/mol. The van der Waals surface area contributed by atoms with Crippen molar-refractivity contribution in [3.63, 3.8) is 0 Å². The van der Waals surface area contributed by atoms with E-state index in [2.05, 4.69) is 4.98 Å². The van der Waals surface area contributed by atoms with Crippen molar-refractivity contribution in [1.82, 2.24) is 9.88 Å². The van der Waals surface area contributed by atoms with Gasteiger partial charge in [-0.05, 0) is 29.7 Å². The van der Waals surface area contributed by atoms with E-state index in [1.54, 1.807) is 0 Å². The Balaban J connectivity index is 1.81. The first kappa shape index (κ1) is 21.9. The molecule has 0 aliphatic carbocycles. The number of halogens is 6. The fraction of sp³-hybridized carbons (Fsp3) is 0.238. The van der Waals surface area contributed by atoms with Gasteiger partial charge < -0.3 is 14.6 Å². The highest BCUT2D eigenvalue weighted by atomic mass is 19.3. The first-order valence-electron chi connectivity index (χ1n) is 9.26. The Morgan fingerprint density at radius 3 is 2.22 bits per heavy atom. The standard InChI is InChI=1S/C21H14F6N2O3/c1-29(21(31)8-2-13(24)18(19(26)27)14(25)3-8)16-7-32-6-15-17(16)9-4-11(22)12(23)5-10(9)20(30)28-15/h2-5,16,19H,6-7H2,1H3,(H,28,30)/t16-/m0/s1. The zero-order valence-electron chi connectivity index (χ0n) is 16.3. The Morgan fingerprint density at radius 2 is 1.62 bits per heavy atom. The second-order valence-corrected chi connectivity index (χ2v) is 7.26. The molecule has 5 nitrogen and oxygen atoms in total. The summed E-state index contributed by atoms with van der Waals surface area (Å²) in [6, 6.07) is 1.58. The Bertz CT molecular complexity index is 1280. The van der Waals surface area contributed by atoms with Crippen LogP contribution in [0.2, 0.25) is 0 Å². The number of likely N-dealkylation sites (N-methyl/N-ethyl adjacent to an activating group) is 1. The SMILES string of the molecule is CN(C(=O)c1cc(F)c(C(F)F)c(F)c1)[C@H]1COCc2[nH]c(=O)c3cc(F)c(F)cc3c21. The van der Waals surface area contributed by atoms with E-state index in [-0.39, 0.29) is 35.2 Å². The minimum absolute atomic E-state index is 0.0426. The van der Waals surface area contributed by atoms with Crippen LogP contribution in [0.5, 0.6) is 0 Å². The fourth-order valence-electron chi connectivity index (χ4n) is 3.81. The molecule has 0 saturated heterocycles. The van der Waals surface area contributed by atoms with E-state index in [4.69, 9.17) is 4.74 Å². The molecule has 0 saturated carbocycles. The summed E-state index contributed by atoms with van der Waals surface area (Å²) in [4.78, 5) is 28.7. The molecule has 0 radical (unpaired) electrons. The van der Waals surface area contributed by atoms with Gasteiger partial charge in [0.2, 0.25) is 0 Å². The molecule has 0 fully saturated rings. The Hall–Kier alpha value is -3.34. The lowest BCUT2D eigenvalue weighted by atomic mass is 9.95. The number of aromatic amines is 1. The highest BCUT2D eigenvalue weighted by Gasteiger charge is 2.32. The molecule has 1 aliphatic rings. The number of H-pyrrole nitrogens is 1. The molecular weight excluding hydrogens is 442 g/mol. The average Bonchev–Trinajstić information content (AvgIpc) is 2.72. The number of hydrogen-bond donors (Lipinski definition) is 1. The van der Waals surface area contributed by atoms with Gasteiger partial charge >= 0.3 is 0 Å². The van der Waals surface area contributed by atoms with Crippen LogP contribution in [0.25, 0.3) is 10.8 Å². The van der Waals surface area contributed by atoms with Crippen molar-refractivity contribution in [2.45, 2.75) is 19.1 Å². The van der Waals surface area contributed by atoms with Gasteiger partial charge in [0.15, 0.2) is 11.6 Å². The predicted molar refractivity (Wildman–Crippen MR) is 100 cm³/mol. The Labute approximate surface area is 176 Å². The number of hydrogen-bond acceptors (Lipinski definition) is 3. The Kier molecular flexibility index (Phi) is 5.45. The number of pyridine rings is 1. The van der Waals surface area contributed by atoms with Gasteiger partial charge in [-0.1, -0.05) is 0 Å². The molecular formula is C21H14F6N2O3. The van der Waals surface area contributed by atoms with Gasteiger partial charge in [0, 0.05) is 23.9 Å². The minimum Gasteiger partial charge on any atom is -0.373 e. The first-order chi connectivity index (χ1) is 15.1. The number of ether oxygens (including phenoxy) is 1. The van der Waals surface area contributed by atoms with Crippen molar-refractivity contribution in [3.05, 3.63) is 80.3 Å². The van der Waals surface area contributed by atoms with Crippen LogP contribution in [0.4, 0.5) is 26.3 Å². The summed E-state index contributed by atoms with van der Waals surface area (Å²) >= 11 is 0. The van der Waals surface area contributed by atoms with E-state index in [1.807, 2.05) is 0 Å². The summed E-state index contributed by atoms with van der Waals surface area (Å²) in [5.41, 5.74) is -2.19. The van der Waals surface area contributed by atoms with Crippen molar-refractivity contribution >= 4 is 16.7 Å². The summed E-state index contributed by atoms with van der Waals surface area (Å²) < 4.78 is 86.6. The highest BCUT2D eigenvalue weighted by Crippen LogP contribution is 2.35. The third-order valence-corrected chi connectivity index (χ3v) is 5.37. The molecule has 11 heteroatoms. The lowest BCUT2D eigenvalue weighted by Crippen LogP contribution is -2.37. The van der Waals surface area contributed by atoms with Gasteiger partial charge in [0.05, 0.1) is 30.2 Å². The Morgan fingerprint density at radius 1 is 1.03 bits per heavy atom. The van der Waals surface area contributed by atoms with Crippen LogP contribution < -0.4 is 5.56 Å². The monoisotopic (exact) mass is 456 g/mol. The summed E-state index contributed by atoms with van der Waals surface area (Å²) in [7, 11) is 1.26. The zero-order valence-corrected chi connectivity index (χ0v) is 16.3. The number of aromatic nitrogens is 1. The van der Waals surface area contributed by atoms with Gasteiger partial charge in [-0.15, -0.1) is 0 Å². The first-order valence-corrected chi connectivity index (χ1v) is 9.26. The molecule has 1 atom stereocenters. The zero-order chi connectivity index (χ0) is 23.3. The van der Waals surface area contributed by atoms with Crippen molar-refractivity contribution in [2.24, 2.45) is 0 Å². The van der Waals surface area contributed by atoms with Crippen LogP contribution in [-0.4, -0.2) is 29.4 Å². The molecule has 3 aromatic rings. The normalized spacial score (nSPS) is 15.8. The van der Waals surface area contributed by atoms with Crippen LogP contribution in [0, 0.1) is 23.3 Å². The van der Waals surface area contributed by atoms with Crippen molar-refractivity contribution in [2.75, 3.05) is 13.7 Å². The number of carbonyl (C=O) groups is 1. The molecule has 4 rings (SSSR count). The second-order valence-electron chi connectivity index (χ2n) is 7.26. The van der Waals surface area contributed by atoms with Gasteiger partial charge in [-0.3, -0.25) is 9.59 Å². The van der Waals surface area contributed by atoms with Crippen LogP contribution in [-0.2, 0) is 11.3 Å². The van der Waals surface area contributed by atoms with Crippen molar-refractivity contribution in [3.8, 4) is 0 Å². The fourth-order valence-corrected chi connectivity index (χ4v) is 3.81. The number of benzene rings is 2. The van der Waals surface area contributed by atoms with Gasteiger partial charge in [0.1, 0.15) is 11.6 Å². The molecule has 2 aromatic carbocycles. The number of carbonyl (C=O) groups excluding carboxylic acids is 1. The van der Waals surface area contributed by atoms with Crippen LogP contribution in [0.1, 0.15) is 39.6 Å². The largest absolute Gasteiger partial charge is 0.373 e. The van der Waals surface area contributed by atoms with E-state index in [0.717, 1.165) is 17.0 Å². The lowest BCUT2D eigenvalue weighted by molar-refractivity contribution is 0.0335. The van der Waals surface area contributed by atoms with E-state index in [1.165, 1.54) is 7.05 Å². The van der Waals surface area contributed by atoms with Crippen LogP contribution >= 0.6 is 0 Å². The van der Waals surface area contributed by atoms with E-state index in [9.17, 15) is 35.9 Å². The molecule has 1 aliphatic heterocycles. The maximum Gasteiger partial charge on any atom is 0.269 e. The van der Waals surface area contributed by atoms with E-state index >= 15 is 0 Å². The smallest absolute Gasteiger partial charge is 0.269 e. The maximum atomic E-state index is 14.0. The quantitative estimate of drug-likeness (QED) is 0.596. The maximum absolute atomic E-state index is 14.0. The van der Waals surface area contributed by atoms with Crippen LogP contribution in [0.15, 0.2) is 29.1 Å². The third-order valence-electron chi connectivity index (χ3n) is 5.37. The summed E-state index contributed by atoms with van der Waals surface area (Å²) in [6.07, 6.45) is -3.41. The van der Waals surface area contributed by atoms with Crippen LogP contribution in [0.3, 0.4) is 0 Å². The molecule has 2 heterocycles. The van der Waals surface area contributed by atoms with Crippen molar-refractivity contribution in [1.29, 1.82) is 0 Å². The summed E-state index contributed by atoms with van der Waals surface area (Å²) in [5.74, 6) is -6.54. The molecule has 0 bridgehead atoms. The third kappa shape index (κ3) is 3.52. The summed E-state index contributed by atoms with van der Waals surface area (Å²) in [6.45, 7) is -0.208. The second kappa shape index (κ2) is 7.97. The molecule has 32 heavy (non-hydrogen) atoms. The van der Waals surface area contributed by atoms with Gasteiger partial charge in [-0.2, -0.15) is 0 Å². The highest BCUT2D eigenvalue weighted by molar-refractivity contribution is 5.95. The topological polar surface area (TPSA) is 62.4 Å². The molecule has 0 spiro atoms. The molecule has 1 amide bonds. The number of nitrogens with one attached hydrogen (secondary N) is 1. The number of amides is 1. The number of rotatable bonds is 3. The number of fused-ring (bicyclic) bond motifs is 3. The van der Waals surface area contributed by atoms with Gasteiger partial charge in [-0.25, -0.2) is 26.3 Å².